The molecule has 0 spiro atoms. The van der Waals surface area contributed by atoms with Crippen LogP contribution in [0.1, 0.15) is 0 Å². The molecular weight excluding hydrogens is 352 g/mol. The summed E-state index contributed by atoms with van der Waals surface area (Å²) in [6, 6.07) is 0. The zero-order valence-electron chi connectivity index (χ0n) is 13.0. The minimum Gasteiger partial charge on any atom is -0.412 e. The van der Waals surface area contributed by atoms with Crippen molar-refractivity contribution in [3.05, 3.63) is 0 Å². The van der Waals surface area contributed by atoms with Gasteiger partial charge in [0.1, 0.15) is 48.8 Å². The van der Waals surface area contributed by atoms with Crippen LogP contribution in [0.2, 0.25) is 0 Å². The molecule has 0 amide bonds. The topological polar surface area (TPSA) is 253 Å². The molecule has 2 saturated heterocycles. The molecule has 2 aliphatic rings. The second-order valence-corrected chi connectivity index (χ2v) is 5.53. The lowest BCUT2D eigenvalue weighted by Gasteiger charge is -2.44. The molecule has 0 aliphatic carbocycles. The largest absolute Gasteiger partial charge is 0.412 e. The van der Waals surface area contributed by atoms with Crippen LogP contribution in [0.5, 0.6) is 0 Å². The van der Waals surface area contributed by atoms with Crippen molar-refractivity contribution in [2.45, 2.75) is 61.4 Å². The number of hydrogen-bond acceptors (Lipinski definition) is 11. The van der Waals surface area contributed by atoms with Gasteiger partial charge in [0.05, 0.1) is 13.2 Å². The molecule has 0 aromatic carbocycles. The molecule has 2 aliphatic heterocycles. The van der Waals surface area contributed by atoms with Crippen LogP contribution >= 0.6 is 0 Å². The third kappa shape index (κ3) is 4.81. The standard InChI is InChI=1S/C12H22O11.2H2O/c13-1-3-5(15)7(17)9(19)11(21-3)23-12-10(20)8(18)6(16)4(2-14)22-12;;/h3-20H,1-2H2;2*1H2/t3-,4+,5-,6+,7+,8-,9-,10+,11-,12+;;. The van der Waals surface area contributed by atoms with Gasteiger partial charge in [-0.25, -0.2) is 0 Å². The lowest BCUT2D eigenvalue weighted by molar-refractivity contribution is -0.376. The van der Waals surface area contributed by atoms with Crippen molar-refractivity contribution in [2.24, 2.45) is 0 Å². The summed E-state index contributed by atoms with van der Waals surface area (Å²) >= 11 is 0. The fraction of sp³-hybridized carbons (Fsp3) is 1.00. The third-order valence-electron chi connectivity index (χ3n) is 3.97. The summed E-state index contributed by atoms with van der Waals surface area (Å²) in [5, 5.41) is 76.4. The molecule has 2 heterocycles. The Morgan fingerprint density at radius 1 is 0.560 bits per heavy atom. The molecular formula is C12H26O13. The molecule has 13 heteroatoms. The Labute approximate surface area is 141 Å². The van der Waals surface area contributed by atoms with Crippen molar-refractivity contribution in [3.8, 4) is 0 Å². The molecule has 0 bridgehead atoms. The first kappa shape index (κ1) is 24.5. The zero-order chi connectivity index (χ0) is 17.3. The van der Waals surface area contributed by atoms with E-state index in [1.807, 2.05) is 0 Å². The Balaban J connectivity index is 0.00000288. The Hall–Kier alpha value is -0.520. The molecule has 0 saturated carbocycles. The van der Waals surface area contributed by atoms with E-state index in [-0.39, 0.29) is 11.0 Å². The molecule has 2 fully saturated rings. The van der Waals surface area contributed by atoms with E-state index in [2.05, 4.69) is 0 Å². The van der Waals surface area contributed by atoms with E-state index in [0.29, 0.717) is 0 Å². The van der Waals surface area contributed by atoms with Gasteiger partial charge in [0.2, 0.25) is 0 Å². The summed E-state index contributed by atoms with van der Waals surface area (Å²) in [5.74, 6) is 0. The summed E-state index contributed by atoms with van der Waals surface area (Å²) < 4.78 is 15.3. The first-order valence-electron chi connectivity index (χ1n) is 7.08. The second kappa shape index (κ2) is 9.98. The molecule has 2 rings (SSSR count). The maximum atomic E-state index is 9.84. The summed E-state index contributed by atoms with van der Waals surface area (Å²) in [6.45, 7) is -1.33. The van der Waals surface area contributed by atoms with Gasteiger partial charge < -0.3 is 66.0 Å². The fourth-order valence-corrected chi connectivity index (χ4v) is 2.49. The molecule has 25 heavy (non-hydrogen) atoms. The predicted octanol–water partition coefficient (Wildman–Crippen LogP) is -7.05. The lowest BCUT2D eigenvalue weighted by atomic mass is 9.98. The summed E-state index contributed by atoms with van der Waals surface area (Å²) in [7, 11) is 0. The van der Waals surface area contributed by atoms with E-state index in [4.69, 9.17) is 24.4 Å². The van der Waals surface area contributed by atoms with E-state index in [0.717, 1.165) is 0 Å². The van der Waals surface area contributed by atoms with Crippen LogP contribution in [0.4, 0.5) is 0 Å². The molecule has 0 aromatic rings. The van der Waals surface area contributed by atoms with Crippen molar-refractivity contribution in [1.82, 2.24) is 0 Å². The molecule has 0 aromatic heterocycles. The van der Waals surface area contributed by atoms with Crippen molar-refractivity contribution in [1.29, 1.82) is 0 Å². The van der Waals surface area contributed by atoms with E-state index < -0.39 is 74.6 Å². The Kier molecular flexibility index (Phi) is 9.77. The minimum absolute atomic E-state index is 0. The molecule has 13 nitrogen and oxygen atoms in total. The highest BCUT2D eigenvalue weighted by Gasteiger charge is 2.49. The van der Waals surface area contributed by atoms with Crippen molar-refractivity contribution >= 4 is 0 Å². The average molecular weight is 378 g/mol. The van der Waals surface area contributed by atoms with E-state index in [1.165, 1.54) is 0 Å². The van der Waals surface area contributed by atoms with Crippen LogP contribution in [0.25, 0.3) is 0 Å². The molecule has 0 unspecified atom stereocenters. The maximum absolute atomic E-state index is 9.84. The van der Waals surface area contributed by atoms with Gasteiger partial charge in [0.25, 0.3) is 0 Å². The molecule has 10 atom stereocenters. The molecule has 152 valence electrons. The van der Waals surface area contributed by atoms with Crippen LogP contribution in [0.3, 0.4) is 0 Å². The van der Waals surface area contributed by atoms with E-state index >= 15 is 0 Å². The quantitative estimate of drug-likeness (QED) is 0.228. The average Bonchev–Trinajstić information content (AvgIpc) is 2.55. The third-order valence-corrected chi connectivity index (χ3v) is 3.97. The van der Waals surface area contributed by atoms with Gasteiger partial charge in [-0.3, -0.25) is 0 Å². The molecule has 0 radical (unpaired) electrons. The van der Waals surface area contributed by atoms with Crippen LogP contribution in [0.15, 0.2) is 0 Å². The number of aliphatic hydroxyl groups excluding tert-OH is 8. The van der Waals surface area contributed by atoms with Crippen molar-refractivity contribution in [3.63, 3.8) is 0 Å². The summed E-state index contributed by atoms with van der Waals surface area (Å²) in [6.07, 6.45) is -15.6. The Morgan fingerprint density at radius 2 is 0.880 bits per heavy atom. The lowest BCUT2D eigenvalue weighted by Crippen LogP contribution is -2.63. The first-order valence-corrected chi connectivity index (χ1v) is 7.08. The van der Waals surface area contributed by atoms with Crippen molar-refractivity contribution in [2.75, 3.05) is 13.2 Å². The van der Waals surface area contributed by atoms with Crippen LogP contribution in [-0.2, 0) is 14.2 Å². The SMILES string of the molecule is O.O.OC[C@@H]1O[C@@H](O[C@H]2O[C@H](CO)[C@@H](O)[C@H](O)[C@H]2O)[C@@H](O)[C@H](O)[C@H]1O. The molecule has 12 N–H and O–H groups in total. The highest BCUT2D eigenvalue weighted by atomic mass is 16.8. The number of rotatable bonds is 4. The smallest absolute Gasteiger partial charge is 0.189 e. The van der Waals surface area contributed by atoms with Crippen LogP contribution < -0.4 is 0 Å². The maximum Gasteiger partial charge on any atom is 0.189 e. The van der Waals surface area contributed by atoms with Gasteiger partial charge in [-0.1, -0.05) is 0 Å². The van der Waals surface area contributed by atoms with Crippen LogP contribution in [-0.4, -0.2) is 126 Å². The normalized spacial score (nSPS) is 47.5. The number of aliphatic hydroxyl groups is 8. The monoisotopic (exact) mass is 378 g/mol. The van der Waals surface area contributed by atoms with Gasteiger partial charge >= 0.3 is 0 Å². The first-order chi connectivity index (χ1) is 10.8. The predicted molar refractivity (Wildman–Crippen MR) is 75.8 cm³/mol. The number of hydrogen-bond donors (Lipinski definition) is 8. The fourth-order valence-electron chi connectivity index (χ4n) is 2.49. The Morgan fingerprint density at radius 3 is 1.16 bits per heavy atom. The van der Waals surface area contributed by atoms with Gasteiger partial charge in [0.15, 0.2) is 12.6 Å². The number of ether oxygens (including phenoxy) is 3. The highest BCUT2D eigenvalue weighted by Crippen LogP contribution is 2.27. The van der Waals surface area contributed by atoms with Crippen molar-refractivity contribution < 1.29 is 66.0 Å². The summed E-state index contributed by atoms with van der Waals surface area (Å²) in [5.41, 5.74) is 0. The van der Waals surface area contributed by atoms with Gasteiger partial charge in [-0.05, 0) is 0 Å². The Bertz CT molecular complexity index is 346. The highest BCUT2D eigenvalue weighted by molar-refractivity contribution is 4.92. The van der Waals surface area contributed by atoms with E-state index in [9.17, 15) is 30.6 Å². The van der Waals surface area contributed by atoms with Crippen LogP contribution in [0, 0.1) is 0 Å². The second-order valence-electron chi connectivity index (χ2n) is 5.53. The zero-order valence-corrected chi connectivity index (χ0v) is 13.0. The van der Waals surface area contributed by atoms with Gasteiger partial charge in [-0.15, -0.1) is 0 Å². The minimum atomic E-state index is -1.72. The van der Waals surface area contributed by atoms with E-state index in [1.54, 1.807) is 0 Å². The summed E-state index contributed by atoms with van der Waals surface area (Å²) in [4.78, 5) is 0. The van der Waals surface area contributed by atoms with Gasteiger partial charge in [-0.2, -0.15) is 0 Å². The van der Waals surface area contributed by atoms with Gasteiger partial charge in [0, 0.05) is 0 Å².